The molecule has 7 nitrogen and oxygen atoms in total. The molecule has 0 unspecified atom stereocenters. The summed E-state index contributed by atoms with van der Waals surface area (Å²) in [5.74, 6) is 0.0950. The first-order valence-electron chi connectivity index (χ1n) is 8.98. The fourth-order valence-corrected chi connectivity index (χ4v) is 5.02. The Morgan fingerprint density at radius 2 is 2.12 bits per heavy atom. The largest absolute Gasteiger partial charge is 0.376 e. The number of carbonyl (C=O) groups is 2. The number of amides is 2. The number of nitrogens with one attached hydrogen (secondary N) is 2. The number of hydrogen-bond donors (Lipinski definition) is 2. The van der Waals surface area contributed by atoms with Gasteiger partial charge in [-0.3, -0.25) is 14.5 Å². The lowest BCUT2D eigenvalue weighted by Gasteiger charge is -2.47. The Bertz CT molecular complexity index is 658. The van der Waals surface area contributed by atoms with Gasteiger partial charge in [-0.05, 0) is 32.4 Å². The molecule has 0 bridgehead atoms. The fourth-order valence-electron chi connectivity index (χ4n) is 4.15. The van der Waals surface area contributed by atoms with Gasteiger partial charge in [0.2, 0.25) is 5.91 Å². The normalized spacial score (nSPS) is 31.4. The number of rotatable bonds is 5. The lowest BCUT2D eigenvalue weighted by atomic mass is 9.71. The second-order valence-corrected chi connectivity index (χ2v) is 8.23. The molecule has 2 saturated heterocycles. The van der Waals surface area contributed by atoms with Crippen LogP contribution < -0.4 is 10.6 Å². The van der Waals surface area contributed by atoms with Crippen LogP contribution in [0.15, 0.2) is 6.20 Å². The van der Waals surface area contributed by atoms with E-state index in [0.29, 0.717) is 11.5 Å². The Labute approximate surface area is 151 Å². The lowest BCUT2D eigenvalue weighted by Crippen LogP contribution is -2.70. The topological polar surface area (TPSA) is 83.6 Å². The maximum Gasteiger partial charge on any atom is 0.263 e. The van der Waals surface area contributed by atoms with Crippen molar-refractivity contribution in [3.05, 3.63) is 16.1 Å². The second-order valence-electron chi connectivity index (χ2n) is 7.11. The molecule has 25 heavy (non-hydrogen) atoms. The molecule has 0 spiro atoms. The number of aromatic nitrogens is 1. The molecule has 3 heterocycles. The number of fused-ring (bicyclic) bond motifs is 1. The molecule has 4 atom stereocenters. The summed E-state index contributed by atoms with van der Waals surface area (Å²) in [5, 5.41) is 6.99. The summed E-state index contributed by atoms with van der Waals surface area (Å²) in [6.07, 6.45) is 5.11. The minimum Gasteiger partial charge on any atom is -0.376 e. The van der Waals surface area contributed by atoms with Crippen molar-refractivity contribution in [2.75, 3.05) is 19.7 Å². The number of nitrogens with zero attached hydrogens (tertiary/aromatic N) is 2. The highest BCUT2D eigenvalue weighted by Crippen LogP contribution is 2.39. The molecule has 1 aliphatic carbocycles. The van der Waals surface area contributed by atoms with Crippen LogP contribution in [0.4, 0.5) is 0 Å². The van der Waals surface area contributed by atoms with E-state index in [1.807, 2.05) is 0 Å². The van der Waals surface area contributed by atoms with Crippen LogP contribution in [-0.2, 0) is 16.1 Å². The zero-order chi connectivity index (χ0) is 17.4. The quantitative estimate of drug-likeness (QED) is 0.806. The van der Waals surface area contributed by atoms with E-state index in [0.717, 1.165) is 31.1 Å². The summed E-state index contributed by atoms with van der Waals surface area (Å²) in [5.41, 5.74) is 0. The van der Waals surface area contributed by atoms with Gasteiger partial charge in [0, 0.05) is 19.4 Å². The van der Waals surface area contributed by atoms with Crippen molar-refractivity contribution >= 4 is 23.2 Å². The van der Waals surface area contributed by atoms with E-state index >= 15 is 0 Å². The maximum absolute atomic E-state index is 12.6. The third kappa shape index (κ3) is 3.43. The molecular formula is C17H24N4O3S. The van der Waals surface area contributed by atoms with Gasteiger partial charge in [0.25, 0.3) is 5.91 Å². The van der Waals surface area contributed by atoms with Crippen molar-refractivity contribution in [1.82, 2.24) is 20.5 Å². The molecule has 4 rings (SSSR count). The minimum atomic E-state index is -0.133. The smallest absolute Gasteiger partial charge is 0.263 e. The molecule has 136 valence electrons. The van der Waals surface area contributed by atoms with Gasteiger partial charge in [-0.15, -0.1) is 11.3 Å². The van der Waals surface area contributed by atoms with Crippen molar-refractivity contribution in [2.24, 2.45) is 5.92 Å². The van der Waals surface area contributed by atoms with E-state index in [-0.39, 0.29) is 35.9 Å². The summed E-state index contributed by atoms with van der Waals surface area (Å²) in [4.78, 5) is 31.4. The SMILES string of the molecule is CC(=O)N[C@@H]1[C@@H](NC(=O)c2cnc(CN3CCCC3)s2)[C@H]2CCO[C@H]21. The van der Waals surface area contributed by atoms with Crippen LogP contribution in [0, 0.1) is 5.92 Å². The average Bonchev–Trinajstić information content (AvgIpc) is 3.31. The molecule has 0 aromatic carbocycles. The van der Waals surface area contributed by atoms with E-state index in [1.54, 1.807) is 6.20 Å². The van der Waals surface area contributed by atoms with Crippen molar-refractivity contribution in [1.29, 1.82) is 0 Å². The number of thiazole rings is 1. The van der Waals surface area contributed by atoms with Gasteiger partial charge in [-0.2, -0.15) is 0 Å². The van der Waals surface area contributed by atoms with Crippen molar-refractivity contribution in [2.45, 2.75) is 50.9 Å². The van der Waals surface area contributed by atoms with Gasteiger partial charge < -0.3 is 15.4 Å². The Morgan fingerprint density at radius 3 is 2.88 bits per heavy atom. The molecule has 1 aromatic rings. The van der Waals surface area contributed by atoms with Crippen LogP contribution in [0.1, 0.15) is 40.9 Å². The van der Waals surface area contributed by atoms with Crippen molar-refractivity contribution in [3.63, 3.8) is 0 Å². The number of carbonyl (C=O) groups excluding carboxylic acids is 2. The zero-order valence-electron chi connectivity index (χ0n) is 14.4. The first-order valence-corrected chi connectivity index (χ1v) is 9.80. The number of hydrogen-bond acceptors (Lipinski definition) is 6. The third-order valence-electron chi connectivity index (χ3n) is 5.39. The molecular weight excluding hydrogens is 340 g/mol. The highest BCUT2D eigenvalue weighted by atomic mass is 32.1. The van der Waals surface area contributed by atoms with Crippen LogP contribution in [0.5, 0.6) is 0 Å². The molecule has 8 heteroatoms. The van der Waals surface area contributed by atoms with E-state index < -0.39 is 0 Å². The van der Waals surface area contributed by atoms with Gasteiger partial charge in [-0.25, -0.2) is 4.98 Å². The molecule has 0 radical (unpaired) electrons. The van der Waals surface area contributed by atoms with Crippen molar-refractivity contribution in [3.8, 4) is 0 Å². The summed E-state index contributed by atoms with van der Waals surface area (Å²) in [6, 6.07) is -0.195. The Kier molecular flexibility index (Phi) is 4.75. The molecule has 2 aliphatic heterocycles. The van der Waals surface area contributed by atoms with Crippen molar-refractivity contribution < 1.29 is 14.3 Å². The predicted octanol–water partition coefficient (Wildman–Crippen LogP) is 0.761. The third-order valence-corrected chi connectivity index (χ3v) is 6.37. The Morgan fingerprint density at radius 1 is 1.32 bits per heavy atom. The summed E-state index contributed by atoms with van der Waals surface area (Å²) in [7, 11) is 0. The minimum absolute atomic E-state index is 0.0291. The van der Waals surface area contributed by atoms with Crippen LogP contribution in [0.25, 0.3) is 0 Å². The second kappa shape index (κ2) is 7.01. The standard InChI is InChI=1S/C17H24N4O3S/c1-10(22)19-15-14(11-4-7-24-16(11)15)20-17(23)12-8-18-13(25-12)9-21-5-2-3-6-21/h8,11,14-16H,2-7,9H2,1H3,(H,19,22)(H,20,23)/t11-,14+,15-,16-/m1/s1. The highest BCUT2D eigenvalue weighted by Gasteiger charge is 2.55. The Hall–Kier alpha value is -1.51. The van der Waals surface area contributed by atoms with E-state index in [4.69, 9.17) is 4.74 Å². The number of ether oxygens (including phenoxy) is 1. The molecule has 3 aliphatic rings. The number of likely N-dealkylation sites (tertiary alicyclic amines) is 1. The fraction of sp³-hybridized carbons (Fsp3) is 0.706. The van der Waals surface area contributed by atoms with Gasteiger partial charge in [0.05, 0.1) is 30.9 Å². The maximum atomic E-state index is 12.6. The molecule has 1 saturated carbocycles. The van der Waals surface area contributed by atoms with Gasteiger partial charge >= 0.3 is 0 Å². The van der Waals surface area contributed by atoms with Gasteiger partial charge in [0.1, 0.15) is 9.88 Å². The first kappa shape index (κ1) is 16.9. The van der Waals surface area contributed by atoms with E-state index in [2.05, 4.69) is 20.5 Å². The molecule has 1 aromatic heterocycles. The highest BCUT2D eigenvalue weighted by molar-refractivity contribution is 7.13. The van der Waals surface area contributed by atoms with Crippen LogP contribution >= 0.6 is 11.3 Å². The molecule has 2 amide bonds. The van der Waals surface area contributed by atoms with E-state index in [9.17, 15) is 9.59 Å². The molecule has 3 fully saturated rings. The van der Waals surface area contributed by atoms with Crippen LogP contribution in [0.3, 0.4) is 0 Å². The monoisotopic (exact) mass is 364 g/mol. The van der Waals surface area contributed by atoms with E-state index in [1.165, 1.54) is 31.1 Å². The summed E-state index contributed by atoms with van der Waals surface area (Å²) >= 11 is 1.46. The van der Waals surface area contributed by atoms with Gasteiger partial charge in [0.15, 0.2) is 0 Å². The lowest BCUT2D eigenvalue weighted by molar-refractivity contribution is -0.123. The molecule has 2 N–H and O–H groups in total. The first-order chi connectivity index (χ1) is 12.1. The van der Waals surface area contributed by atoms with Gasteiger partial charge in [-0.1, -0.05) is 0 Å². The summed E-state index contributed by atoms with van der Waals surface area (Å²) in [6.45, 7) is 5.25. The Balaban J connectivity index is 1.37. The average molecular weight is 364 g/mol. The van der Waals surface area contributed by atoms with Crippen LogP contribution in [-0.4, -0.2) is 59.6 Å². The zero-order valence-corrected chi connectivity index (χ0v) is 15.2. The summed E-state index contributed by atoms with van der Waals surface area (Å²) < 4.78 is 5.68. The predicted molar refractivity (Wildman–Crippen MR) is 93.3 cm³/mol. The van der Waals surface area contributed by atoms with Crippen LogP contribution in [0.2, 0.25) is 0 Å².